The Kier molecular flexibility index (Phi) is 10.8. The van der Waals surface area contributed by atoms with Crippen molar-refractivity contribution in [2.24, 2.45) is 15.4 Å². The summed E-state index contributed by atoms with van der Waals surface area (Å²) in [5, 5.41) is 23.9. The number of hydrogen-bond acceptors (Lipinski definition) is 10. The lowest BCUT2D eigenvalue weighted by Crippen LogP contribution is -2.58. The molecule has 15 heteroatoms. The molecule has 1 aromatic heterocycles. The van der Waals surface area contributed by atoms with E-state index in [2.05, 4.69) is 30.7 Å². The molecule has 3 atom stereocenters. The van der Waals surface area contributed by atoms with Crippen LogP contribution in [0, 0.1) is 0 Å². The Morgan fingerprint density at radius 2 is 1.83 bits per heavy atom. The van der Waals surface area contributed by atoms with Crippen LogP contribution < -0.4 is 10.2 Å². The van der Waals surface area contributed by atoms with Crippen molar-refractivity contribution in [3.63, 3.8) is 0 Å². The summed E-state index contributed by atoms with van der Waals surface area (Å²) in [6.07, 6.45) is 7.02. The Morgan fingerprint density at radius 3 is 2.53 bits per heavy atom. The molecule has 278 valence electrons. The normalized spacial score (nSPS) is 24.1. The molecule has 0 spiro atoms. The van der Waals surface area contributed by atoms with Crippen molar-refractivity contribution in [1.82, 2.24) is 25.2 Å². The average Bonchev–Trinajstić information content (AvgIpc) is 3.98. The minimum atomic E-state index is -0.938. The minimum absolute atomic E-state index is 0.134. The number of aliphatic carboxylic acids is 1. The van der Waals surface area contributed by atoms with Gasteiger partial charge >= 0.3 is 5.97 Å². The second-order valence-electron chi connectivity index (χ2n) is 14.3. The molecule has 7 rings (SSSR count). The highest BCUT2D eigenvalue weighted by Crippen LogP contribution is 2.42. The number of nitrogens with zero attached hydrogens (tertiary/aromatic N) is 7. The number of carbonyl (C=O) groups is 3. The number of likely N-dealkylation sites (tertiary alicyclic amines) is 2. The molecule has 0 bridgehead atoms. The number of carboxylic acid groups (broad SMARTS) is 1. The Balaban J connectivity index is 1.09. The zero-order valence-corrected chi connectivity index (χ0v) is 31.0. The summed E-state index contributed by atoms with van der Waals surface area (Å²) < 4.78 is 5.62. The first kappa shape index (κ1) is 36.9. The van der Waals surface area contributed by atoms with E-state index in [4.69, 9.17) is 27.9 Å². The maximum Gasteiger partial charge on any atom is 0.322 e. The van der Waals surface area contributed by atoms with Crippen molar-refractivity contribution < 1.29 is 24.2 Å². The molecule has 2 amide bonds. The Morgan fingerprint density at radius 1 is 1.00 bits per heavy atom. The van der Waals surface area contributed by atoms with E-state index in [1.807, 2.05) is 53.4 Å². The average molecular weight is 762 g/mol. The maximum atomic E-state index is 14.2. The molecule has 53 heavy (non-hydrogen) atoms. The number of rotatable bonds is 11. The van der Waals surface area contributed by atoms with Gasteiger partial charge in [0.05, 0.1) is 40.0 Å². The van der Waals surface area contributed by atoms with Crippen LogP contribution in [0.4, 0.5) is 0 Å². The number of benzene rings is 2. The van der Waals surface area contributed by atoms with Gasteiger partial charge in [-0.3, -0.25) is 24.8 Å². The number of aromatic nitrogens is 1. The molecule has 2 N–H and O–H groups in total. The van der Waals surface area contributed by atoms with Crippen molar-refractivity contribution >= 4 is 47.2 Å². The molecule has 0 radical (unpaired) electrons. The van der Waals surface area contributed by atoms with Gasteiger partial charge in [-0.15, -0.1) is 5.10 Å². The van der Waals surface area contributed by atoms with E-state index in [0.717, 1.165) is 30.5 Å². The van der Waals surface area contributed by atoms with Crippen LogP contribution in [0.3, 0.4) is 0 Å². The van der Waals surface area contributed by atoms with Crippen LogP contribution >= 0.6 is 23.2 Å². The van der Waals surface area contributed by atoms with Crippen molar-refractivity contribution in [1.29, 1.82) is 0 Å². The van der Waals surface area contributed by atoms with Crippen LogP contribution in [-0.2, 0) is 20.4 Å². The minimum Gasteiger partial charge on any atom is -0.496 e. The molecule has 3 unspecified atom stereocenters. The number of methoxy groups -OCH3 is 1. The molecule has 3 aromatic rings. The zero-order chi connectivity index (χ0) is 37.2. The van der Waals surface area contributed by atoms with Crippen molar-refractivity contribution in [3.8, 4) is 5.75 Å². The van der Waals surface area contributed by atoms with E-state index in [0.29, 0.717) is 85.5 Å². The van der Waals surface area contributed by atoms with E-state index in [-0.39, 0.29) is 17.9 Å². The highest BCUT2D eigenvalue weighted by atomic mass is 35.5. The molecule has 5 heterocycles. The Hall–Kier alpha value is -4.43. The van der Waals surface area contributed by atoms with E-state index in [1.54, 1.807) is 30.6 Å². The van der Waals surface area contributed by atoms with Crippen molar-refractivity contribution in [2.45, 2.75) is 61.4 Å². The Bertz CT molecular complexity index is 1910. The summed E-state index contributed by atoms with van der Waals surface area (Å²) in [5.41, 5.74) is 4.62. The highest BCUT2D eigenvalue weighted by molar-refractivity contribution is 6.42. The van der Waals surface area contributed by atoms with Gasteiger partial charge < -0.3 is 19.6 Å². The molecule has 4 aliphatic heterocycles. The lowest BCUT2D eigenvalue weighted by Gasteiger charge is -2.42. The summed E-state index contributed by atoms with van der Waals surface area (Å²) in [6, 6.07) is 15.7. The number of carboxylic acids is 1. The van der Waals surface area contributed by atoms with Gasteiger partial charge in [0.25, 0.3) is 5.91 Å². The van der Waals surface area contributed by atoms with Gasteiger partial charge in [-0.25, -0.2) is 5.01 Å². The fraction of sp³-hybridized carbons (Fsp3) is 0.447. The number of hydrazine groups is 1. The number of amides is 2. The third-order valence-electron chi connectivity index (χ3n) is 11.4. The second kappa shape index (κ2) is 15.5. The summed E-state index contributed by atoms with van der Waals surface area (Å²) >= 11 is 12.9. The van der Waals surface area contributed by atoms with Crippen LogP contribution in [0.1, 0.15) is 71.7 Å². The van der Waals surface area contributed by atoms with Crippen LogP contribution in [0.15, 0.2) is 76.2 Å². The molecule has 2 aromatic carbocycles. The van der Waals surface area contributed by atoms with Gasteiger partial charge in [0.1, 0.15) is 17.8 Å². The van der Waals surface area contributed by atoms with E-state index in [9.17, 15) is 19.5 Å². The summed E-state index contributed by atoms with van der Waals surface area (Å²) in [5.74, 6) is -0.810. The largest absolute Gasteiger partial charge is 0.496 e. The van der Waals surface area contributed by atoms with Crippen LogP contribution in [0.25, 0.3) is 0 Å². The number of carbonyl (C=O) groups excluding carboxylic acids is 2. The van der Waals surface area contributed by atoms with E-state index in [1.165, 1.54) is 0 Å². The number of halogens is 2. The van der Waals surface area contributed by atoms with Gasteiger partial charge in [-0.2, -0.15) is 5.11 Å². The SMILES string of the molecule is COc1ccc(C2C=NN=N2)cc1C(=O)N1CCC(CCN2CCC(C(=O)NN3CCCC3C(=O)O)(c3ccccn3)CC2)(c2ccc(Cl)c(Cl)c2)C1. The maximum absolute atomic E-state index is 14.2. The standard InChI is InChI=1S/C38H42Cl2N8O5/c1-53-32-10-7-25(30-23-42-45-43-30)21-27(32)34(49)47-20-12-37(24-47,26-8-9-28(39)29(40)22-26)11-17-46-18-13-38(14-19-46,33-6-2-3-15-41-33)36(52)44-48-16-4-5-31(48)35(50)51/h2-3,6-10,15,21-23,30-31H,4-5,11-14,16-20,24H2,1H3,(H,44,52)(H,50,51). The molecule has 3 fully saturated rings. The van der Waals surface area contributed by atoms with Crippen molar-refractivity contribution in [2.75, 3.05) is 46.4 Å². The van der Waals surface area contributed by atoms with Crippen LogP contribution in [0.2, 0.25) is 10.0 Å². The number of pyridine rings is 1. The van der Waals surface area contributed by atoms with Crippen LogP contribution in [-0.4, -0.2) is 101 Å². The topological polar surface area (TPSA) is 152 Å². The number of ether oxygens (including phenoxy) is 1. The quantitative estimate of drug-likeness (QED) is 0.254. The second-order valence-corrected chi connectivity index (χ2v) is 15.1. The molecular formula is C38H42Cl2N8O5. The summed E-state index contributed by atoms with van der Waals surface area (Å²) in [6.45, 7) is 3.49. The van der Waals surface area contributed by atoms with Crippen molar-refractivity contribution in [3.05, 3.63) is 93.2 Å². The summed E-state index contributed by atoms with van der Waals surface area (Å²) in [4.78, 5) is 49.0. The first-order chi connectivity index (χ1) is 25.6. The number of nitrogens with one attached hydrogen (secondary N) is 1. The van der Waals surface area contributed by atoms with E-state index >= 15 is 0 Å². The predicted octanol–water partition coefficient (Wildman–Crippen LogP) is 5.68. The molecule has 4 aliphatic rings. The fourth-order valence-electron chi connectivity index (χ4n) is 8.23. The molecule has 13 nitrogen and oxygen atoms in total. The van der Waals surface area contributed by atoms with E-state index < -0.39 is 22.8 Å². The van der Waals surface area contributed by atoms with Gasteiger partial charge in [-0.1, -0.05) is 41.4 Å². The molecule has 0 saturated carbocycles. The zero-order valence-electron chi connectivity index (χ0n) is 29.5. The Labute approximate surface area is 318 Å². The van der Waals surface area contributed by atoms with Gasteiger partial charge in [0.15, 0.2) is 0 Å². The molecule has 0 aliphatic carbocycles. The monoisotopic (exact) mass is 760 g/mol. The first-order valence-corrected chi connectivity index (χ1v) is 18.7. The third kappa shape index (κ3) is 7.40. The summed E-state index contributed by atoms with van der Waals surface area (Å²) in [7, 11) is 1.55. The number of piperidine rings is 1. The van der Waals surface area contributed by atoms with Gasteiger partial charge in [0, 0.05) is 31.2 Å². The smallest absolute Gasteiger partial charge is 0.322 e. The third-order valence-corrected chi connectivity index (χ3v) is 12.1. The molecular weight excluding hydrogens is 719 g/mol. The first-order valence-electron chi connectivity index (χ1n) is 17.9. The lowest BCUT2D eigenvalue weighted by atomic mass is 9.73. The van der Waals surface area contributed by atoms with Gasteiger partial charge in [-0.05, 0) is 111 Å². The highest BCUT2D eigenvalue weighted by Gasteiger charge is 2.47. The predicted molar refractivity (Wildman–Crippen MR) is 199 cm³/mol. The molecule has 3 saturated heterocycles. The fourth-order valence-corrected chi connectivity index (χ4v) is 8.53. The number of hydrogen-bond donors (Lipinski definition) is 2. The van der Waals surface area contributed by atoms with Gasteiger partial charge in [0.2, 0.25) is 5.91 Å². The lowest BCUT2D eigenvalue weighted by molar-refractivity contribution is -0.146. The van der Waals surface area contributed by atoms with Crippen LogP contribution in [0.5, 0.6) is 5.75 Å².